The second kappa shape index (κ2) is 6.66. The van der Waals surface area contributed by atoms with Crippen LogP contribution in [0.2, 0.25) is 0 Å². The summed E-state index contributed by atoms with van der Waals surface area (Å²) in [6.45, 7) is 4.54. The first-order valence-corrected chi connectivity index (χ1v) is 8.14. The number of hydrogen-bond acceptors (Lipinski definition) is 4. The highest BCUT2D eigenvalue weighted by Crippen LogP contribution is 2.29. The van der Waals surface area contributed by atoms with Crippen molar-refractivity contribution in [1.29, 1.82) is 0 Å². The molecule has 0 aliphatic heterocycles. The molecule has 2 N–H and O–H groups in total. The summed E-state index contributed by atoms with van der Waals surface area (Å²) in [5.74, 6) is 0.805. The van der Waals surface area contributed by atoms with Crippen molar-refractivity contribution in [3.05, 3.63) is 48.0 Å². The third kappa shape index (κ3) is 3.78. The maximum absolute atomic E-state index is 12.1. The van der Waals surface area contributed by atoms with Gasteiger partial charge in [-0.3, -0.25) is 5.32 Å². The molecule has 23 heavy (non-hydrogen) atoms. The van der Waals surface area contributed by atoms with Gasteiger partial charge in [0.1, 0.15) is 5.75 Å². The minimum Gasteiger partial charge on any atom is -0.494 e. The molecule has 0 radical (unpaired) electrons. The van der Waals surface area contributed by atoms with Crippen LogP contribution in [-0.2, 0) is 0 Å². The summed E-state index contributed by atoms with van der Waals surface area (Å²) in [7, 11) is 0. The van der Waals surface area contributed by atoms with Gasteiger partial charge in [0.2, 0.25) is 0 Å². The van der Waals surface area contributed by atoms with E-state index < -0.39 is 0 Å². The van der Waals surface area contributed by atoms with Crippen molar-refractivity contribution in [1.82, 2.24) is 4.98 Å². The Labute approximate surface area is 138 Å². The third-order valence-corrected chi connectivity index (χ3v) is 4.10. The molecule has 0 atom stereocenters. The van der Waals surface area contributed by atoms with Gasteiger partial charge >= 0.3 is 6.03 Å². The minimum absolute atomic E-state index is 0.306. The smallest absolute Gasteiger partial charge is 0.325 e. The molecular formula is C17H17N3O2S. The number of thiazole rings is 1. The number of urea groups is 1. The molecule has 5 nitrogen and oxygen atoms in total. The number of benzene rings is 2. The van der Waals surface area contributed by atoms with Crippen LogP contribution in [0.1, 0.15) is 12.5 Å². The second-order valence-electron chi connectivity index (χ2n) is 5.03. The number of rotatable bonds is 4. The van der Waals surface area contributed by atoms with Crippen molar-refractivity contribution in [2.75, 3.05) is 17.2 Å². The van der Waals surface area contributed by atoms with E-state index in [-0.39, 0.29) is 6.03 Å². The highest BCUT2D eigenvalue weighted by atomic mass is 32.1. The van der Waals surface area contributed by atoms with Crippen LogP contribution < -0.4 is 15.4 Å². The fraction of sp³-hybridized carbons (Fsp3) is 0.176. The summed E-state index contributed by atoms with van der Waals surface area (Å²) in [6.07, 6.45) is 0. The van der Waals surface area contributed by atoms with Gasteiger partial charge < -0.3 is 10.1 Å². The first kappa shape index (κ1) is 15.3. The Kier molecular flexibility index (Phi) is 4.43. The number of nitrogens with zero attached hydrogens (tertiary/aromatic N) is 1. The van der Waals surface area contributed by atoms with Crippen molar-refractivity contribution in [3.63, 3.8) is 0 Å². The summed E-state index contributed by atoms with van der Waals surface area (Å²) >= 11 is 1.42. The van der Waals surface area contributed by atoms with E-state index in [1.165, 1.54) is 11.3 Å². The van der Waals surface area contributed by atoms with Gasteiger partial charge in [-0.15, -0.1) is 0 Å². The summed E-state index contributed by atoms with van der Waals surface area (Å²) < 4.78 is 6.45. The molecule has 0 saturated heterocycles. The monoisotopic (exact) mass is 327 g/mol. The molecule has 0 aliphatic carbocycles. The fourth-order valence-electron chi connectivity index (χ4n) is 2.20. The number of fused-ring (bicyclic) bond motifs is 1. The second-order valence-corrected chi connectivity index (χ2v) is 6.06. The van der Waals surface area contributed by atoms with Crippen LogP contribution in [0.25, 0.3) is 10.2 Å². The Morgan fingerprint density at radius 3 is 2.87 bits per heavy atom. The van der Waals surface area contributed by atoms with Crippen molar-refractivity contribution >= 4 is 38.4 Å². The maximum Gasteiger partial charge on any atom is 0.325 e. The lowest BCUT2D eigenvalue weighted by atomic mass is 10.2. The number of amides is 2. The topological polar surface area (TPSA) is 63.2 Å². The van der Waals surface area contributed by atoms with Gasteiger partial charge in [-0.1, -0.05) is 23.5 Å². The van der Waals surface area contributed by atoms with Gasteiger partial charge in [-0.2, -0.15) is 0 Å². The van der Waals surface area contributed by atoms with Crippen LogP contribution in [0.5, 0.6) is 5.75 Å². The number of carbonyl (C=O) groups is 1. The van der Waals surface area contributed by atoms with Gasteiger partial charge in [0.15, 0.2) is 5.13 Å². The first-order valence-electron chi connectivity index (χ1n) is 7.32. The van der Waals surface area contributed by atoms with Gasteiger partial charge in [-0.05, 0) is 49.7 Å². The minimum atomic E-state index is -0.306. The van der Waals surface area contributed by atoms with Crippen LogP contribution in [0.15, 0.2) is 42.5 Å². The lowest BCUT2D eigenvalue weighted by Gasteiger charge is -2.05. The lowest BCUT2D eigenvalue weighted by molar-refractivity contribution is 0.262. The molecule has 1 heterocycles. The van der Waals surface area contributed by atoms with E-state index in [1.54, 1.807) is 0 Å². The van der Waals surface area contributed by atoms with Gasteiger partial charge in [-0.25, -0.2) is 9.78 Å². The largest absolute Gasteiger partial charge is 0.494 e. The average molecular weight is 327 g/mol. The SMILES string of the molecule is CCOc1ccc2nc(NC(=O)Nc3cccc(C)c3)sc2c1. The standard InChI is InChI=1S/C17H17N3O2S/c1-3-22-13-7-8-14-15(10-13)23-17(19-14)20-16(21)18-12-6-4-5-11(2)9-12/h4-10H,3H2,1-2H3,(H2,18,19,20,21). The Bertz CT molecular complexity index is 845. The number of hydrogen-bond donors (Lipinski definition) is 2. The molecular weight excluding hydrogens is 310 g/mol. The number of aromatic nitrogens is 1. The predicted octanol–water partition coefficient (Wildman–Crippen LogP) is 4.65. The number of anilines is 2. The van der Waals surface area contributed by atoms with E-state index in [2.05, 4.69) is 15.6 Å². The molecule has 0 saturated carbocycles. The Balaban J connectivity index is 1.72. The van der Waals surface area contributed by atoms with Crippen LogP contribution in [-0.4, -0.2) is 17.6 Å². The van der Waals surface area contributed by atoms with E-state index in [4.69, 9.17) is 4.74 Å². The summed E-state index contributed by atoms with van der Waals surface area (Å²) in [6, 6.07) is 13.0. The molecule has 0 spiro atoms. The molecule has 0 fully saturated rings. The molecule has 2 amide bonds. The highest BCUT2D eigenvalue weighted by molar-refractivity contribution is 7.22. The third-order valence-electron chi connectivity index (χ3n) is 3.17. The van der Waals surface area contributed by atoms with Gasteiger partial charge in [0, 0.05) is 5.69 Å². The van der Waals surface area contributed by atoms with Crippen molar-refractivity contribution in [2.45, 2.75) is 13.8 Å². The van der Waals surface area contributed by atoms with Crippen LogP contribution in [0.4, 0.5) is 15.6 Å². The maximum atomic E-state index is 12.1. The molecule has 3 rings (SSSR count). The van der Waals surface area contributed by atoms with Crippen LogP contribution in [0.3, 0.4) is 0 Å². The van der Waals surface area contributed by atoms with Crippen molar-refractivity contribution in [2.24, 2.45) is 0 Å². The lowest BCUT2D eigenvalue weighted by Crippen LogP contribution is -2.19. The van der Waals surface area contributed by atoms with Crippen molar-refractivity contribution < 1.29 is 9.53 Å². The Morgan fingerprint density at radius 2 is 2.09 bits per heavy atom. The molecule has 1 aromatic heterocycles. The van der Waals surface area contributed by atoms with E-state index in [0.29, 0.717) is 11.7 Å². The summed E-state index contributed by atoms with van der Waals surface area (Å²) in [5, 5.41) is 6.12. The zero-order valence-corrected chi connectivity index (χ0v) is 13.7. The van der Waals surface area contributed by atoms with Gasteiger partial charge in [0.05, 0.1) is 16.8 Å². The molecule has 0 aliphatic rings. The van der Waals surface area contributed by atoms with E-state index >= 15 is 0 Å². The number of aryl methyl sites for hydroxylation is 1. The Morgan fingerprint density at radius 1 is 1.22 bits per heavy atom. The molecule has 0 bridgehead atoms. The normalized spacial score (nSPS) is 10.5. The quantitative estimate of drug-likeness (QED) is 0.733. The first-order chi connectivity index (χ1) is 11.1. The summed E-state index contributed by atoms with van der Waals surface area (Å²) in [4.78, 5) is 16.5. The number of carbonyl (C=O) groups excluding carboxylic acids is 1. The molecule has 6 heteroatoms. The van der Waals surface area contributed by atoms with E-state index in [0.717, 1.165) is 27.2 Å². The highest BCUT2D eigenvalue weighted by Gasteiger charge is 2.09. The molecule has 2 aromatic carbocycles. The summed E-state index contributed by atoms with van der Waals surface area (Å²) in [5.41, 5.74) is 2.68. The van der Waals surface area contributed by atoms with E-state index in [9.17, 15) is 4.79 Å². The molecule has 3 aromatic rings. The van der Waals surface area contributed by atoms with Crippen LogP contribution >= 0.6 is 11.3 Å². The fourth-order valence-corrected chi connectivity index (χ4v) is 3.09. The number of nitrogens with one attached hydrogen (secondary N) is 2. The molecule has 0 unspecified atom stereocenters. The predicted molar refractivity (Wildman–Crippen MR) is 94.6 cm³/mol. The average Bonchev–Trinajstić information content (AvgIpc) is 2.88. The zero-order chi connectivity index (χ0) is 16.2. The Hall–Kier alpha value is -2.60. The van der Waals surface area contributed by atoms with E-state index in [1.807, 2.05) is 56.3 Å². The van der Waals surface area contributed by atoms with Crippen molar-refractivity contribution in [3.8, 4) is 5.75 Å². The number of ether oxygens (including phenoxy) is 1. The molecule has 118 valence electrons. The van der Waals surface area contributed by atoms with Gasteiger partial charge in [0.25, 0.3) is 0 Å². The van der Waals surface area contributed by atoms with Crippen LogP contribution in [0, 0.1) is 6.92 Å². The zero-order valence-electron chi connectivity index (χ0n) is 12.9.